The standard InChI is InChI=1S/C23H29ClN4O3/c1-16-8-11-28(12-9-16)21-7-6-19(15-20(21)22(29)25-10-13-31-2)27-23(30)26-18-5-3-4-17(24)14-18/h3-7,14-16H,8-13H2,1-2H3,(H,25,29)(H2,26,27,30). The summed E-state index contributed by atoms with van der Waals surface area (Å²) in [6.45, 7) is 4.91. The second-order valence-electron chi connectivity index (χ2n) is 7.74. The van der Waals surface area contributed by atoms with Crippen molar-refractivity contribution in [3.05, 3.63) is 53.1 Å². The lowest BCUT2D eigenvalue weighted by atomic mass is 9.98. The van der Waals surface area contributed by atoms with Gasteiger partial charge in [0, 0.05) is 48.8 Å². The van der Waals surface area contributed by atoms with E-state index in [1.165, 1.54) is 0 Å². The van der Waals surface area contributed by atoms with E-state index in [-0.39, 0.29) is 5.91 Å². The van der Waals surface area contributed by atoms with Crippen molar-refractivity contribution in [3.63, 3.8) is 0 Å². The van der Waals surface area contributed by atoms with E-state index in [1.807, 2.05) is 12.1 Å². The Labute approximate surface area is 188 Å². The third-order valence-corrected chi connectivity index (χ3v) is 5.53. The van der Waals surface area contributed by atoms with Crippen molar-refractivity contribution in [1.29, 1.82) is 0 Å². The van der Waals surface area contributed by atoms with Gasteiger partial charge in [-0.15, -0.1) is 0 Å². The summed E-state index contributed by atoms with van der Waals surface area (Å²) in [5.74, 6) is 0.496. The number of nitrogens with one attached hydrogen (secondary N) is 3. The molecular formula is C23H29ClN4O3. The Kier molecular flexibility index (Phi) is 8.14. The second kappa shape index (κ2) is 11.0. The van der Waals surface area contributed by atoms with Crippen LogP contribution in [0, 0.1) is 5.92 Å². The molecule has 0 aromatic heterocycles. The summed E-state index contributed by atoms with van der Waals surface area (Å²) < 4.78 is 5.03. The molecule has 2 aromatic rings. The largest absolute Gasteiger partial charge is 0.383 e. The lowest BCUT2D eigenvalue weighted by Crippen LogP contribution is -2.35. The molecule has 3 amide bonds. The van der Waals surface area contributed by atoms with E-state index in [9.17, 15) is 9.59 Å². The Morgan fingerprint density at radius 2 is 1.81 bits per heavy atom. The van der Waals surface area contributed by atoms with Crippen LogP contribution in [0.5, 0.6) is 0 Å². The van der Waals surface area contributed by atoms with Crippen molar-refractivity contribution in [2.75, 3.05) is 48.9 Å². The SMILES string of the molecule is COCCNC(=O)c1cc(NC(=O)Nc2cccc(Cl)c2)ccc1N1CCC(C)CC1. The molecule has 3 rings (SSSR count). The van der Waals surface area contributed by atoms with Crippen LogP contribution in [-0.2, 0) is 4.74 Å². The maximum atomic E-state index is 12.9. The van der Waals surface area contributed by atoms with E-state index in [0.717, 1.165) is 31.6 Å². The number of hydrogen-bond donors (Lipinski definition) is 3. The zero-order valence-electron chi connectivity index (χ0n) is 17.9. The van der Waals surface area contributed by atoms with Crippen molar-refractivity contribution in [2.24, 2.45) is 5.92 Å². The van der Waals surface area contributed by atoms with Gasteiger partial charge in [-0.25, -0.2) is 4.79 Å². The highest BCUT2D eigenvalue weighted by Gasteiger charge is 2.22. The topological polar surface area (TPSA) is 82.7 Å². The van der Waals surface area contributed by atoms with Crippen LogP contribution in [0.1, 0.15) is 30.1 Å². The fourth-order valence-corrected chi connectivity index (χ4v) is 3.73. The van der Waals surface area contributed by atoms with Gasteiger partial charge in [0.25, 0.3) is 5.91 Å². The molecule has 1 aliphatic heterocycles. The van der Waals surface area contributed by atoms with Crippen molar-refractivity contribution >= 4 is 40.6 Å². The monoisotopic (exact) mass is 444 g/mol. The number of methoxy groups -OCH3 is 1. The average molecular weight is 445 g/mol. The maximum Gasteiger partial charge on any atom is 0.323 e. The molecule has 0 saturated carbocycles. The molecule has 7 nitrogen and oxygen atoms in total. The number of piperidine rings is 1. The Morgan fingerprint density at radius 1 is 1.10 bits per heavy atom. The highest BCUT2D eigenvalue weighted by atomic mass is 35.5. The predicted molar refractivity (Wildman–Crippen MR) is 125 cm³/mol. The predicted octanol–water partition coefficient (Wildman–Crippen LogP) is 4.60. The number of amides is 3. The van der Waals surface area contributed by atoms with Crippen LogP contribution in [0.4, 0.5) is 21.9 Å². The van der Waals surface area contributed by atoms with Gasteiger partial charge in [-0.05, 0) is 55.2 Å². The molecule has 0 bridgehead atoms. The van der Waals surface area contributed by atoms with Gasteiger partial charge < -0.3 is 25.6 Å². The summed E-state index contributed by atoms with van der Waals surface area (Å²) in [5, 5.41) is 8.95. The Hall–Kier alpha value is -2.77. The van der Waals surface area contributed by atoms with E-state index in [0.29, 0.717) is 41.0 Å². The third-order valence-electron chi connectivity index (χ3n) is 5.30. The van der Waals surface area contributed by atoms with Crippen LogP contribution in [-0.4, -0.2) is 45.3 Å². The van der Waals surface area contributed by atoms with Crippen molar-refractivity contribution in [2.45, 2.75) is 19.8 Å². The van der Waals surface area contributed by atoms with Gasteiger partial charge >= 0.3 is 6.03 Å². The molecule has 1 fully saturated rings. The molecule has 0 unspecified atom stereocenters. The van der Waals surface area contributed by atoms with Gasteiger partial charge in [-0.3, -0.25) is 4.79 Å². The molecule has 3 N–H and O–H groups in total. The zero-order valence-corrected chi connectivity index (χ0v) is 18.7. The van der Waals surface area contributed by atoms with Crippen LogP contribution < -0.4 is 20.9 Å². The number of urea groups is 1. The summed E-state index contributed by atoms with van der Waals surface area (Å²) in [4.78, 5) is 27.5. The summed E-state index contributed by atoms with van der Waals surface area (Å²) in [5.41, 5.74) is 2.53. The van der Waals surface area contributed by atoms with E-state index in [2.05, 4.69) is 27.8 Å². The molecule has 8 heteroatoms. The highest BCUT2D eigenvalue weighted by molar-refractivity contribution is 6.30. The van der Waals surface area contributed by atoms with Gasteiger partial charge in [0.1, 0.15) is 0 Å². The highest BCUT2D eigenvalue weighted by Crippen LogP contribution is 2.29. The van der Waals surface area contributed by atoms with Crippen molar-refractivity contribution < 1.29 is 14.3 Å². The number of halogens is 1. The minimum absolute atomic E-state index is 0.190. The molecule has 166 valence electrons. The number of benzene rings is 2. The number of hydrogen-bond acceptors (Lipinski definition) is 4. The minimum atomic E-state index is -0.410. The average Bonchev–Trinajstić information content (AvgIpc) is 2.74. The van der Waals surface area contributed by atoms with Crippen LogP contribution >= 0.6 is 11.6 Å². The van der Waals surface area contributed by atoms with E-state index >= 15 is 0 Å². The Balaban J connectivity index is 1.76. The van der Waals surface area contributed by atoms with Gasteiger partial charge in [-0.1, -0.05) is 24.6 Å². The zero-order chi connectivity index (χ0) is 22.2. The van der Waals surface area contributed by atoms with Gasteiger partial charge in [0.15, 0.2) is 0 Å². The van der Waals surface area contributed by atoms with Crippen molar-refractivity contribution in [3.8, 4) is 0 Å². The number of nitrogens with zero attached hydrogens (tertiary/aromatic N) is 1. The number of anilines is 3. The summed E-state index contributed by atoms with van der Waals surface area (Å²) in [6.07, 6.45) is 2.18. The van der Waals surface area contributed by atoms with Gasteiger partial charge in [0.05, 0.1) is 12.2 Å². The molecule has 0 spiro atoms. The number of carbonyl (C=O) groups excluding carboxylic acids is 2. The molecule has 0 radical (unpaired) electrons. The number of rotatable bonds is 7. The normalized spacial score (nSPS) is 14.2. The smallest absolute Gasteiger partial charge is 0.323 e. The number of ether oxygens (including phenoxy) is 1. The first kappa shape index (κ1) is 22.9. The third kappa shape index (κ3) is 6.60. The van der Waals surface area contributed by atoms with Crippen molar-refractivity contribution in [1.82, 2.24) is 5.32 Å². The Morgan fingerprint density at radius 3 is 2.48 bits per heavy atom. The summed E-state index contributed by atoms with van der Waals surface area (Å²) in [6, 6.07) is 11.9. The first-order valence-electron chi connectivity index (χ1n) is 10.5. The Bertz CT molecular complexity index is 913. The molecule has 31 heavy (non-hydrogen) atoms. The fraction of sp³-hybridized carbons (Fsp3) is 0.391. The van der Waals surface area contributed by atoms with Gasteiger partial charge in [-0.2, -0.15) is 0 Å². The molecule has 0 aliphatic carbocycles. The minimum Gasteiger partial charge on any atom is -0.383 e. The molecule has 1 heterocycles. The van der Waals surface area contributed by atoms with Crippen LogP contribution in [0.3, 0.4) is 0 Å². The molecule has 1 saturated heterocycles. The first-order chi connectivity index (χ1) is 15.0. The summed E-state index contributed by atoms with van der Waals surface area (Å²) in [7, 11) is 1.59. The lowest BCUT2D eigenvalue weighted by Gasteiger charge is -2.33. The molecule has 1 aliphatic rings. The summed E-state index contributed by atoms with van der Waals surface area (Å²) >= 11 is 5.97. The van der Waals surface area contributed by atoms with E-state index in [1.54, 1.807) is 37.4 Å². The number of carbonyl (C=O) groups is 2. The molecule has 0 atom stereocenters. The first-order valence-corrected chi connectivity index (χ1v) is 10.8. The second-order valence-corrected chi connectivity index (χ2v) is 8.18. The van der Waals surface area contributed by atoms with Gasteiger partial charge in [0.2, 0.25) is 0 Å². The quantitative estimate of drug-likeness (QED) is 0.545. The molecule has 2 aromatic carbocycles. The maximum absolute atomic E-state index is 12.9. The van der Waals surface area contributed by atoms with Crippen LogP contribution in [0.2, 0.25) is 5.02 Å². The van der Waals surface area contributed by atoms with Crippen LogP contribution in [0.15, 0.2) is 42.5 Å². The lowest BCUT2D eigenvalue weighted by molar-refractivity contribution is 0.0937. The van der Waals surface area contributed by atoms with E-state index < -0.39 is 6.03 Å². The van der Waals surface area contributed by atoms with E-state index in [4.69, 9.17) is 16.3 Å². The van der Waals surface area contributed by atoms with Crippen LogP contribution in [0.25, 0.3) is 0 Å². The fourth-order valence-electron chi connectivity index (χ4n) is 3.54. The molecular weight excluding hydrogens is 416 g/mol.